The van der Waals surface area contributed by atoms with Crippen molar-refractivity contribution in [2.24, 2.45) is 0 Å². The Bertz CT molecular complexity index is 438. The summed E-state index contributed by atoms with van der Waals surface area (Å²) in [6, 6.07) is 6.05. The second-order valence-corrected chi connectivity index (χ2v) is 4.91. The van der Waals surface area contributed by atoms with Crippen LogP contribution < -0.4 is 11.1 Å². The summed E-state index contributed by atoms with van der Waals surface area (Å²) >= 11 is 5.76. The Kier molecular flexibility index (Phi) is 8.46. The van der Waals surface area contributed by atoms with Crippen LogP contribution in [0.1, 0.15) is 25.0 Å². The first kappa shape index (κ1) is 18.9. The number of aryl methyl sites for hydroxylation is 2. The lowest BCUT2D eigenvalue weighted by atomic mass is 10.0. The van der Waals surface area contributed by atoms with Gasteiger partial charge in [-0.2, -0.15) is 0 Å². The minimum Gasteiger partial charge on any atom is -0.383 e. The number of ether oxygens (including phenoxy) is 1. The number of halogens is 1. The quantitative estimate of drug-likeness (QED) is 0.820. The first-order chi connectivity index (χ1) is 9.06. The van der Waals surface area contributed by atoms with Crippen molar-refractivity contribution in [2.75, 3.05) is 24.5 Å². The molecule has 1 aromatic rings. The first-order valence-corrected chi connectivity index (χ1v) is 7.05. The highest BCUT2D eigenvalue weighted by Gasteiger charge is 2.24. The van der Waals surface area contributed by atoms with Gasteiger partial charge in [-0.3, -0.25) is 4.79 Å². The van der Waals surface area contributed by atoms with Crippen LogP contribution in [0.4, 0.5) is 5.69 Å². The lowest BCUT2D eigenvalue weighted by Crippen LogP contribution is -2.43. The Morgan fingerprint density at radius 3 is 2.60 bits per heavy atom. The molecule has 0 radical (unpaired) electrons. The maximum atomic E-state index is 12.2. The van der Waals surface area contributed by atoms with E-state index >= 15 is 0 Å². The van der Waals surface area contributed by atoms with Gasteiger partial charge in [0.15, 0.2) is 0 Å². The number of carbonyl (C=O) groups excluding carboxylic acids is 1. The summed E-state index contributed by atoms with van der Waals surface area (Å²) in [5.74, 6) is -0.110. The molecule has 0 aliphatic rings. The molecule has 114 valence electrons. The summed E-state index contributed by atoms with van der Waals surface area (Å²) in [5.41, 5.74) is 3.21. The number of nitrogens with zero attached hydrogens (tertiary/aromatic N) is 1. The number of methoxy groups -OCH3 is 1. The Labute approximate surface area is 126 Å². The number of amides is 1. The van der Waals surface area contributed by atoms with E-state index < -0.39 is 0 Å². The number of hydrogen-bond donors (Lipinski definition) is 1. The van der Waals surface area contributed by atoms with E-state index in [1.807, 2.05) is 26.0 Å². The minimum atomic E-state index is -0.0878. The molecule has 4 nitrogen and oxygen atoms in total. The molecule has 0 saturated heterocycles. The largest absolute Gasteiger partial charge is 0.383 e. The van der Waals surface area contributed by atoms with Crippen molar-refractivity contribution in [3.8, 4) is 0 Å². The highest BCUT2D eigenvalue weighted by Crippen LogP contribution is 2.28. The summed E-state index contributed by atoms with van der Waals surface area (Å²) < 4.78 is 5.18. The normalized spacial score (nSPS) is 11.7. The first-order valence-electron chi connectivity index (χ1n) is 6.52. The smallest absolute Gasteiger partial charge is 0.242 e. The maximum Gasteiger partial charge on any atom is 0.242 e. The molecule has 0 bridgehead atoms. The summed E-state index contributed by atoms with van der Waals surface area (Å²) in [7, 11) is 1.64. The second-order valence-electron chi connectivity index (χ2n) is 4.64. The van der Waals surface area contributed by atoms with Gasteiger partial charge in [-0.25, -0.2) is 0 Å². The Morgan fingerprint density at radius 1 is 1.45 bits per heavy atom. The number of carbonyl (C=O) groups is 1. The lowest BCUT2D eigenvalue weighted by molar-refractivity contribution is -0.116. The molecule has 1 atom stereocenters. The van der Waals surface area contributed by atoms with Crippen molar-refractivity contribution >= 4 is 23.2 Å². The molecule has 0 spiro atoms. The summed E-state index contributed by atoms with van der Waals surface area (Å²) in [4.78, 5) is 14.0. The molecule has 0 saturated carbocycles. The van der Waals surface area contributed by atoms with E-state index in [4.69, 9.17) is 16.3 Å². The molecular formula is C15H25ClN2O2. The molecule has 5 heteroatoms. The maximum absolute atomic E-state index is 12.2. The fourth-order valence-electron chi connectivity index (χ4n) is 2.32. The van der Waals surface area contributed by atoms with Gasteiger partial charge in [-0.1, -0.05) is 25.1 Å². The standard InChI is InChI=1S/C15H22ClNO2.H3N/c1-5-13-8-6-7-11(2)15(13)17(14(18)9-16)12(3)10-19-4;/h6-8,12H,5,9-10H2,1-4H3;1H3. The van der Waals surface area contributed by atoms with Crippen LogP contribution in [0.25, 0.3) is 0 Å². The van der Waals surface area contributed by atoms with Crippen molar-refractivity contribution in [2.45, 2.75) is 33.2 Å². The zero-order valence-electron chi connectivity index (χ0n) is 12.8. The van der Waals surface area contributed by atoms with E-state index in [1.165, 1.54) is 0 Å². The van der Waals surface area contributed by atoms with Gasteiger partial charge < -0.3 is 15.8 Å². The molecule has 1 amide bonds. The predicted octanol–water partition coefficient (Wildman–Crippen LogP) is 3.33. The van der Waals surface area contributed by atoms with Crippen LogP contribution in [0.2, 0.25) is 0 Å². The van der Waals surface area contributed by atoms with Crippen molar-refractivity contribution in [3.63, 3.8) is 0 Å². The fraction of sp³-hybridized carbons (Fsp3) is 0.533. The summed E-state index contributed by atoms with van der Waals surface area (Å²) in [5, 5.41) is 0. The van der Waals surface area contributed by atoms with Gasteiger partial charge in [0.1, 0.15) is 5.88 Å². The highest BCUT2D eigenvalue weighted by atomic mass is 35.5. The van der Waals surface area contributed by atoms with Crippen molar-refractivity contribution in [1.29, 1.82) is 0 Å². The lowest BCUT2D eigenvalue weighted by Gasteiger charge is -2.31. The van der Waals surface area contributed by atoms with Crippen LogP contribution >= 0.6 is 11.6 Å². The average Bonchev–Trinajstić information content (AvgIpc) is 2.40. The van der Waals surface area contributed by atoms with E-state index in [1.54, 1.807) is 12.0 Å². The van der Waals surface area contributed by atoms with Crippen LogP contribution in [0.3, 0.4) is 0 Å². The third-order valence-electron chi connectivity index (χ3n) is 3.17. The van der Waals surface area contributed by atoms with Gasteiger partial charge in [-0.15, -0.1) is 11.6 Å². The Hall–Kier alpha value is -1.10. The van der Waals surface area contributed by atoms with Crippen LogP contribution in [0.15, 0.2) is 18.2 Å². The van der Waals surface area contributed by atoms with Gasteiger partial charge in [0.2, 0.25) is 5.91 Å². The van der Waals surface area contributed by atoms with Gasteiger partial charge in [0, 0.05) is 7.11 Å². The van der Waals surface area contributed by atoms with E-state index in [2.05, 4.69) is 13.0 Å². The number of alkyl halides is 1. The SMILES string of the molecule is CCc1cccc(C)c1N(C(=O)CCl)C(C)COC.N. The van der Waals surface area contributed by atoms with E-state index in [0.717, 1.165) is 23.2 Å². The molecule has 0 aliphatic heterocycles. The molecule has 0 aliphatic carbocycles. The zero-order valence-corrected chi connectivity index (χ0v) is 13.5. The number of anilines is 1. The monoisotopic (exact) mass is 300 g/mol. The van der Waals surface area contributed by atoms with E-state index in [-0.39, 0.29) is 24.0 Å². The Morgan fingerprint density at radius 2 is 2.10 bits per heavy atom. The molecular weight excluding hydrogens is 276 g/mol. The van der Waals surface area contributed by atoms with Gasteiger partial charge in [-0.05, 0) is 31.4 Å². The molecule has 0 heterocycles. The van der Waals surface area contributed by atoms with Crippen LogP contribution in [0.5, 0.6) is 0 Å². The Balaban J connectivity index is 0.00000361. The summed E-state index contributed by atoms with van der Waals surface area (Å²) in [6.07, 6.45) is 0.878. The number of rotatable bonds is 6. The van der Waals surface area contributed by atoms with Crippen molar-refractivity contribution < 1.29 is 9.53 Å². The van der Waals surface area contributed by atoms with Gasteiger partial charge in [0.25, 0.3) is 0 Å². The van der Waals surface area contributed by atoms with Crippen LogP contribution in [-0.4, -0.2) is 31.5 Å². The van der Waals surface area contributed by atoms with Gasteiger partial charge >= 0.3 is 0 Å². The number of benzene rings is 1. The van der Waals surface area contributed by atoms with Crippen molar-refractivity contribution in [1.82, 2.24) is 6.15 Å². The number of hydrogen-bond acceptors (Lipinski definition) is 3. The average molecular weight is 301 g/mol. The third-order valence-corrected chi connectivity index (χ3v) is 3.40. The summed E-state index contributed by atoms with van der Waals surface area (Å²) in [6.45, 7) is 6.56. The van der Waals surface area contributed by atoms with Crippen LogP contribution in [0, 0.1) is 6.92 Å². The van der Waals surface area contributed by atoms with Gasteiger partial charge in [0.05, 0.1) is 18.3 Å². The molecule has 1 rings (SSSR count). The van der Waals surface area contributed by atoms with Crippen LogP contribution in [-0.2, 0) is 16.0 Å². The molecule has 0 fully saturated rings. The van der Waals surface area contributed by atoms with Crippen molar-refractivity contribution in [3.05, 3.63) is 29.3 Å². The highest BCUT2D eigenvalue weighted by molar-refractivity contribution is 6.29. The fourth-order valence-corrected chi connectivity index (χ4v) is 2.45. The molecule has 3 N–H and O–H groups in total. The van der Waals surface area contributed by atoms with E-state index in [0.29, 0.717) is 6.61 Å². The third kappa shape index (κ3) is 4.20. The van der Waals surface area contributed by atoms with E-state index in [9.17, 15) is 4.79 Å². The molecule has 1 unspecified atom stereocenters. The molecule has 20 heavy (non-hydrogen) atoms. The number of para-hydroxylation sites is 1. The predicted molar refractivity (Wildman–Crippen MR) is 85.1 cm³/mol. The topological polar surface area (TPSA) is 64.5 Å². The molecule has 1 aromatic carbocycles. The minimum absolute atomic E-state index is 0. The zero-order chi connectivity index (χ0) is 14.4. The second kappa shape index (κ2) is 8.95. The molecule has 0 aromatic heterocycles.